The second-order valence-corrected chi connectivity index (χ2v) is 6.05. The first-order valence-electron chi connectivity index (χ1n) is 8.78. The van der Waals surface area contributed by atoms with Crippen molar-refractivity contribution in [2.75, 3.05) is 6.61 Å². The number of amides is 1. The molecule has 28 heavy (non-hydrogen) atoms. The Morgan fingerprint density at radius 2 is 1.96 bits per heavy atom. The van der Waals surface area contributed by atoms with Crippen LogP contribution in [-0.2, 0) is 0 Å². The molecule has 2 heterocycles. The molecule has 140 valence electrons. The van der Waals surface area contributed by atoms with Gasteiger partial charge in [0.2, 0.25) is 5.91 Å². The molecule has 2 aromatic heterocycles. The maximum absolute atomic E-state index is 11.5. The van der Waals surface area contributed by atoms with Crippen LogP contribution >= 0.6 is 0 Å². The molecule has 0 fully saturated rings. The Balaban J connectivity index is 1.78. The smallest absolute Gasteiger partial charge is 0.248 e. The lowest BCUT2D eigenvalue weighted by Crippen LogP contribution is -2.10. The van der Waals surface area contributed by atoms with Gasteiger partial charge in [0.25, 0.3) is 0 Å². The van der Waals surface area contributed by atoms with Crippen LogP contribution in [0.15, 0.2) is 67.1 Å². The van der Waals surface area contributed by atoms with Crippen LogP contribution in [-0.4, -0.2) is 27.3 Å². The van der Waals surface area contributed by atoms with Crippen molar-refractivity contribution < 1.29 is 14.3 Å². The minimum absolute atomic E-state index is 0.394. The number of carbonyl (C=O) groups excluding carboxylic acids is 1. The summed E-state index contributed by atoms with van der Waals surface area (Å²) in [6, 6.07) is 14.2. The normalized spacial score (nSPS) is 10.8. The molecule has 0 bridgehead atoms. The summed E-state index contributed by atoms with van der Waals surface area (Å²) in [5, 5.41) is 4.96. The van der Waals surface area contributed by atoms with Gasteiger partial charge < -0.3 is 15.2 Å². The Morgan fingerprint density at radius 1 is 1.11 bits per heavy atom. The van der Waals surface area contributed by atoms with Crippen molar-refractivity contribution in [2.45, 2.75) is 6.92 Å². The monoisotopic (exact) mass is 374 g/mol. The molecule has 4 rings (SSSR count). The van der Waals surface area contributed by atoms with Crippen LogP contribution in [0.3, 0.4) is 0 Å². The Morgan fingerprint density at radius 3 is 2.71 bits per heavy atom. The van der Waals surface area contributed by atoms with Crippen molar-refractivity contribution in [1.82, 2.24) is 14.8 Å². The standard InChI is InChI=1S/C21H18N4O3/c1-2-27-16-11-15(25-9-3-7-24-25)12-17(13-16)28-20-6-8-23-19-5-4-14(21(22)26)10-18(19)20/h3-13H,2H2,1H3,(H2,22,26). The summed E-state index contributed by atoms with van der Waals surface area (Å²) in [6.45, 7) is 2.45. The minimum Gasteiger partial charge on any atom is -0.494 e. The summed E-state index contributed by atoms with van der Waals surface area (Å²) in [7, 11) is 0. The van der Waals surface area contributed by atoms with E-state index >= 15 is 0 Å². The zero-order valence-corrected chi connectivity index (χ0v) is 15.2. The lowest BCUT2D eigenvalue weighted by atomic mass is 10.1. The van der Waals surface area contributed by atoms with Gasteiger partial charge in [-0.1, -0.05) is 0 Å². The van der Waals surface area contributed by atoms with Gasteiger partial charge in [0.05, 0.1) is 17.8 Å². The molecular weight excluding hydrogens is 356 g/mol. The number of nitrogens with zero attached hydrogens (tertiary/aromatic N) is 3. The molecule has 0 saturated heterocycles. The number of hydrogen-bond donors (Lipinski definition) is 1. The van der Waals surface area contributed by atoms with E-state index in [9.17, 15) is 4.79 Å². The molecule has 0 saturated carbocycles. The van der Waals surface area contributed by atoms with E-state index in [1.165, 1.54) is 0 Å². The van der Waals surface area contributed by atoms with E-state index < -0.39 is 5.91 Å². The summed E-state index contributed by atoms with van der Waals surface area (Å²) >= 11 is 0. The fraction of sp³-hybridized carbons (Fsp3) is 0.0952. The Hall–Kier alpha value is -3.87. The highest BCUT2D eigenvalue weighted by Crippen LogP contribution is 2.33. The fourth-order valence-electron chi connectivity index (χ4n) is 2.91. The first kappa shape index (κ1) is 17.5. The predicted octanol–water partition coefficient (Wildman–Crippen LogP) is 3.71. The van der Waals surface area contributed by atoms with Gasteiger partial charge >= 0.3 is 0 Å². The van der Waals surface area contributed by atoms with Gasteiger partial charge in [0, 0.05) is 47.7 Å². The van der Waals surface area contributed by atoms with E-state index in [-0.39, 0.29) is 0 Å². The van der Waals surface area contributed by atoms with Gasteiger partial charge in [-0.05, 0) is 37.3 Å². The third-order valence-corrected chi connectivity index (χ3v) is 4.16. The summed E-state index contributed by atoms with van der Waals surface area (Å²) in [5.74, 6) is 1.30. The van der Waals surface area contributed by atoms with Crippen LogP contribution in [0.1, 0.15) is 17.3 Å². The van der Waals surface area contributed by atoms with Gasteiger partial charge in [-0.2, -0.15) is 5.10 Å². The van der Waals surface area contributed by atoms with Crippen LogP contribution in [0.5, 0.6) is 17.2 Å². The van der Waals surface area contributed by atoms with Crippen LogP contribution in [0.2, 0.25) is 0 Å². The van der Waals surface area contributed by atoms with Crippen molar-refractivity contribution >= 4 is 16.8 Å². The van der Waals surface area contributed by atoms with Crippen molar-refractivity contribution in [3.63, 3.8) is 0 Å². The van der Waals surface area contributed by atoms with Gasteiger partial charge in [0.1, 0.15) is 17.2 Å². The topological polar surface area (TPSA) is 92.3 Å². The average Bonchev–Trinajstić information content (AvgIpc) is 3.23. The SMILES string of the molecule is CCOc1cc(Oc2ccnc3ccc(C(N)=O)cc23)cc(-n2cccn2)c1. The summed E-state index contributed by atoms with van der Waals surface area (Å²) in [6.07, 6.45) is 5.20. The van der Waals surface area contributed by atoms with Gasteiger partial charge in [0.15, 0.2) is 0 Å². The molecule has 1 amide bonds. The maximum Gasteiger partial charge on any atom is 0.248 e. The number of hydrogen-bond acceptors (Lipinski definition) is 5. The third-order valence-electron chi connectivity index (χ3n) is 4.16. The van der Waals surface area contributed by atoms with Crippen LogP contribution in [0.4, 0.5) is 0 Å². The Kier molecular flexibility index (Phi) is 4.63. The van der Waals surface area contributed by atoms with E-state index in [0.29, 0.717) is 40.3 Å². The first-order valence-corrected chi connectivity index (χ1v) is 8.78. The molecule has 2 N–H and O–H groups in total. The van der Waals surface area contributed by atoms with Gasteiger partial charge in [-0.15, -0.1) is 0 Å². The summed E-state index contributed by atoms with van der Waals surface area (Å²) < 4.78 is 13.5. The average molecular weight is 374 g/mol. The highest BCUT2D eigenvalue weighted by Gasteiger charge is 2.11. The third kappa shape index (κ3) is 3.50. The number of benzene rings is 2. The number of nitrogens with two attached hydrogens (primary N) is 1. The molecule has 2 aromatic carbocycles. The summed E-state index contributed by atoms with van der Waals surface area (Å²) in [5.41, 5.74) is 7.31. The fourth-order valence-corrected chi connectivity index (χ4v) is 2.91. The van der Waals surface area contributed by atoms with Crippen LogP contribution in [0, 0.1) is 0 Å². The highest BCUT2D eigenvalue weighted by atomic mass is 16.5. The Bertz CT molecular complexity index is 1140. The number of primary amides is 1. The lowest BCUT2D eigenvalue weighted by Gasteiger charge is -2.13. The second kappa shape index (κ2) is 7.40. The van der Waals surface area contributed by atoms with Crippen LogP contribution in [0.25, 0.3) is 16.6 Å². The molecule has 0 aliphatic carbocycles. The largest absolute Gasteiger partial charge is 0.494 e. The number of ether oxygens (including phenoxy) is 2. The molecule has 0 aliphatic heterocycles. The van der Waals surface area contributed by atoms with Gasteiger partial charge in [-0.3, -0.25) is 9.78 Å². The number of pyridine rings is 1. The van der Waals surface area contributed by atoms with Crippen LogP contribution < -0.4 is 15.2 Å². The predicted molar refractivity (Wildman–Crippen MR) is 105 cm³/mol. The van der Waals surface area contributed by atoms with E-state index in [1.807, 2.05) is 31.3 Å². The molecule has 0 spiro atoms. The number of fused-ring (bicyclic) bond motifs is 1. The molecule has 0 aliphatic rings. The number of aromatic nitrogens is 3. The zero-order chi connectivity index (χ0) is 19.5. The molecule has 4 aromatic rings. The van der Waals surface area contributed by atoms with E-state index in [0.717, 1.165) is 5.69 Å². The van der Waals surface area contributed by atoms with Gasteiger partial charge in [-0.25, -0.2) is 4.68 Å². The minimum atomic E-state index is -0.504. The number of rotatable bonds is 6. The molecule has 7 heteroatoms. The second-order valence-electron chi connectivity index (χ2n) is 6.05. The van der Waals surface area contributed by atoms with Crippen molar-refractivity contribution in [3.05, 3.63) is 72.7 Å². The quantitative estimate of drug-likeness (QED) is 0.555. The first-order chi connectivity index (χ1) is 13.6. The lowest BCUT2D eigenvalue weighted by molar-refractivity contribution is 0.100. The van der Waals surface area contributed by atoms with Crippen molar-refractivity contribution in [3.8, 4) is 22.9 Å². The highest BCUT2D eigenvalue weighted by molar-refractivity contribution is 5.98. The van der Waals surface area contributed by atoms with Crippen molar-refractivity contribution in [2.24, 2.45) is 5.73 Å². The Labute approximate surface area is 161 Å². The molecular formula is C21H18N4O3. The van der Waals surface area contributed by atoms with Crippen molar-refractivity contribution in [1.29, 1.82) is 0 Å². The summed E-state index contributed by atoms with van der Waals surface area (Å²) in [4.78, 5) is 15.9. The zero-order valence-electron chi connectivity index (χ0n) is 15.2. The van der Waals surface area contributed by atoms with E-state index in [4.69, 9.17) is 15.2 Å². The van der Waals surface area contributed by atoms with E-state index in [2.05, 4.69) is 10.1 Å². The molecule has 0 radical (unpaired) electrons. The molecule has 7 nitrogen and oxygen atoms in total. The maximum atomic E-state index is 11.5. The van der Waals surface area contributed by atoms with E-state index in [1.54, 1.807) is 47.4 Å². The molecule has 0 atom stereocenters. The number of carbonyl (C=O) groups is 1. The molecule has 0 unspecified atom stereocenters.